The second kappa shape index (κ2) is 7.75. The minimum absolute atomic E-state index is 0.0988. The fourth-order valence-corrected chi connectivity index (χ4v) is 4.09. The van der Waals surface area contributed by atoms with E-state index in [0.29, 0.717) is 16.5 Å². The SMILES string of the molecule is Cc1c(Cl)cccc1-c1cc(NC2CN(c3ccc(S(N)(=O)=O)cc3)C2)nc(N)n1. The summed E-state index contributed by atoms with van der Waals surface area (Å²) >= 11 is 6.23. The van der Waals surface area contributed by atoms with Crippen LogP contribution in [0.2, 0.25) is 5.02 Å². The highest BCUT2D eigenvalue weighted by atomic mass is 35.5. The molecule has 0 radical (unpaired) electrons. The molecule has 0 amide bonds. The molecular formula is C20H21ClN6O2S. The Morgan fingerprint density at radius 3 is 2.50 bits per heavy atom. The average Bonchev–Trinajstić information content (AvgIpc) is 2.65. The van der Waals surface area contributed by atoms with Gasteiger partial charge in [-0.1, -0.05) is 23.7 Å². The van der Waals surface area contributed by atoms with E-state index >= 15 is 0 Å². The number of benzene rings is 2. The molecule has 0 atom stereocenters. The molecule has 3 aromatic rings. The highest BCUT2D eigenvalue weighted by Crippen LogP contribution is 2.29. The first kappa shape index (κ1) is 20.4. The van der Waals surface area contributed by atoms with E-state index in [-0.39, 0.29) is 16.9 Å². The molecule has 30 heavy (non-hydrogen) atoms. The van der Waals surface area contributed by atoms with Gasteiger partial charge in [-0.3, -0.25) is 0 Å². The lowest BCUT2D eigenvalue weighted by Crippen LogP contribution is -2.55. The topological polar surface area (TPSA) is 127 Å². The standard InChI is InChI=1S/C20H21ClN6O2S/c1-12-16(3-2-4-17(12)21)18-9-19(26-20(22)25-18)24-13-10-27(11-13)14-5-7-15(8-6-14)30(23,28)29/h2-9,13H,10-11H2,1H3,(H2,23,28,29)(H3,22,24,25,26). The first-order chi connectivity index (χ1) is 14.2. The minimum atomic E-state index is -3.69. The number of nitrogens with two attached hydrogens (primary N) is 2. The predicted molar refractivity (Wildman–Crippen MR) is 119 cm³/mol. The number of nitrogens with zero attached hydrogens (tertiary/aromatic N) is 3. The minimum Gasteiger partial charge on any atom is -0.368 e. The second-order valence-electron chi connectivity index (χ2n) is 7.19. The Morgan fingerprint density at radius 2 is 1.83 bits per heavy atom. The summed E-state index contributed by atoms with van der Waals surface area (Å²) in [5.41, 5.74) is 9.40. The van der Waals surface area contributed by atoms with Crippen molar-refractivity contribution in [2.75, 3.05) is 29.0 Å². The monoisotopic (exact) mass is 444 g/mol. The van der Waals surface area contributed by atoms with Gasteiger partial charge >= 0.3 is 0 Å². The van der Waals surface area contributed by atoms with Gasteiger partial charge in [-0.2, -0.15) is 4.98 Å². The first-order valence-electron chi connectivity index (χ1n) is 9.25. The van der Waals surface area contributed by atoms with Crippen molar-refractivity contribution in [1.82, 2.24) is 9.97 Å². The van der Waals surface area contributed by atoms with E-state index in [9.17, 15) is 8.42 Å². The maximum Gasteiger partial charge on any atom is 0.238 e. The zero-order chi connectivity index (χ0) is 21.5. The number of nitrogen functional groups attached to an aromatic ring is 1. The second-order valence-corrected chi connectivity index (χ2v) is 9.16. The molecule has 1 aliphatic heterocycles. The molecule has 1 saturated heterocycles. The summed E-state index contributed by atoms with van der Waals surface area (Å²) in [5, 5.41) is 9.19. The van der Waals surface area contributed by atoms with Crippen LogP contribution in [-0.4, -0.2) is 37.5 Å². The van der Waals surface area contributed by atoms with E-state index < -0.39 is 10.0 Å². The largest absolute Gasteiger partial charge is 0.368 e. The number of hydrogen-bond acceptors (Lipinski definition) is 7. The van der Waals surface area contributed by atoms with E-state index in [4.69, 9.17) is 22.5 Å². The van der Waals surface area contributed by atoms with Gasteiger partial charge in [-0.15, -0.1) is 0 Å². The van der Waals surface area contributed by atoms with Crippen LogP contribution in [-0.2, 0) is 10.0 Å². The zero-order valence-corrected chi connectivity index (χ0v) is 17.8. The van der Waals surface area contributed by atoms with E-state index in [1.807, 2.05) is 31.2 Å². The molecule has 1 aliphatic rings. The Kier molecular flexibility index (Phi) is 5.27. The number of anilines is 3. The van der Waals surface area contributed by atoms with Gasteiger partial charge in [0.1, 0.15) is 5.82 Å². The quantitative estimate of drug-likeness (QED) is 0.551. The molecule has 1 aromatic heterocycles. The van der Waals surface area contributed by atoms with Gasteiger partial charge < -0.3 is 16.0 Å². The van der Waals surface area contributed by atoms with Crippen molar-refractivity contribution < 1.29 is 8.42 Å². The van der Waals surface area contributed by atoms with Gasteiger partial charge in [-0.05, 0) is 42.8 Å². The maximum atomic E-state index is 11.4. The van der Waals surface area contributed by atoms with Crippen LogP contribution in [0.15, 0.2) is 53.4 Å². The van der Waals surface area contributed by atoms with Crippen molar-refractivity contribution >= 4 is 39.1 Å². The van der Waals surface area contributed by atoms with Crippen LogP contribution in [0.5, 0.6) is 0 Å². The third kappa shape index (κ3) is 4.18. The van der Waals surface area contributed by atoms with Crippen LogP contribution in [0.4, 0.5) is 17.5 Å². The van der Waals surface area contributed by atoms with Crippen molar-refractivity contribution in [3.8, 4) is 11.3 Å². The summed E-state index contributed by atoms with van der Waals surface area (Å²) in [4.78, 5) is 10.9. The van der Waals surface area contributed by atoms with Crippen molar-refractivity contribution in [2.45, 2.75) is 17.9 Å². The third-order valence-corrected chi connectivity index (χ3v) is 6.39. The summed E-state index contributed by atoms with van der Waals surface area (Å²) in [6.07, 6.45) is 0. The fourth-order valence-electron chi connectivity index (χ4n) is 3.40. The number of hydrogen-bond donors (Lipinski definition) is 3. The van der Waals surface area contributed by atoms with Gasteiger partial charge in [0.25, 0.3) is 0 Å². The molecule has 10 heteroatoms. The average molecular weight is 445 g/mol. The number of nitrogens with one attached hydrogen (secondary N) is 1. The van der Waals surface area contributed by atoms with Gasteiger partial charge in [0.2, 0.25) is 16.0 Å². The van der Waals surface area contributed by atoms with E-state index in [0.717, 1.165) is 29.9 Å². The lowest BCUT2D eigenvalue weighted by molar-refractivity contribution is 0.549. The van der Waals surface area contributed by atoms with E-state index in [1.54, 1.807) is 12.1 Å². The molecule has 4 rings (SSSR count). The Hall–Kier alpha value is -2.88. The Labute approximate surface area is 179 Å². The summed E-state index contributed by atoms with van der Waals surface area (Å²) in [5.74, 6) is 0.829. The predicted octanol–water partition coefficient (Wildman–Crippen LogP) is 2.64. The van der Waals surface area contributed by atoms with Gasteiger partial charge in [-0.25, -0.2) is 18.5 Å². The summed E-state index contributed by atoms with van der Waals surface area (Å²) in [7, 11) is -3.69. The van der Waals surface area contributed by atoms with Crippen molar-refractivity contribution in [3.05, 3.63) is 59.1 Å². The molecule has 0 saturated carbocycles. The van der Waals surface area contributed by atoms with Crippen LogP contribution < -0.4 is 21.1 Å². The van der Waals surface area contributed by atoms with Gasteiger partial charge in [0.15, 0.2) is 0 Å². The van der Waals surface area contributed by atoms with Crippen LogP contribution in [0.1, 0.15) is 5.56 Å². The molecule has 2 heterocycles. The van der Waals surface area contributed by atoms with Gasteiger partial charge in [0.05, 0.1) is 16.6 Å². The van der Waals surface area contributed by atoms with E-state index in [2.05, 4.69) is 20.2 Å². The van der Waals surface area contributed by atoms with Crippen LogP contribution in [0.25, 0.3) is 11.3 Å². The molecule has 0 aliphatic carbocycles. The Morgan fingerprint density at radius 1 is 1.13 bits per heavy atom. The molecule has 1 fully saturated rings. The van der Waals surface area contributed by atoms with Crippen LogP contribution in [0, 0.1) is 6.92 Å². The Bertz CT molecular complexity index is 1190. The summed E-state index contributed by atoms with van der Waals surface area (Å²) < 4.78 is 22.7. The molecule has 0 bridgehead atoms. The normalized spacial score (nSPS) is 14.4. The zero-order valence-electron chi connectivity index (χ0n) is 16.2. The highest BCUT2D eigenvalue weighted by molar-refractivity contribution is 7.89. The number of primary sulfonamides is 1. The summed E-state index contributed by atoms with van der Waals surface area (Å²) in [6.45, 7) is 3.42. The fraction of sp³-hybridized carbons (Fsp3) is 0.200. The molecule has 156 valence electrons. The smallest absolute Gasteiger partial charge is 0.238 e. The van der Waals surface area contributed by atoms with Crippen molar-refractivity contribution in [3.63, 3.8) is 0 Å². The number of sulfonamides is 1. The Balaban J connectivity index is 1.45. The van der Waals surface area contributed by atoms with E-state index in [1.165, 1.54) is 12.1 Å². The molecule has 5 N–H and O–H groups in total. The van der Waals surface area contributed by atoms with Crippen LogP contribution >= 0.6 is 11.6 Å². The molecule has 2 aromatic carbocycles. The summed E-state index contributed by atoms with van der Waals surface area (Å²) in [6, 6.07) is 14.2. The third-order valence-electron chi connectivity index (χ3n) is 5.05. The molecule has 0 unspecified atom stereocenters. The first-order valence-corrected chi connectivity index (χ1v) is 11.2. The lowest BCUT2D eigenvalue weighted by Gasteiger charge is -2.41. The highest BCUT2D eigenvalue weighted by Gasteiger charge is 2.27. The maximum absolute atomic E-state index is 11.4. The number of halogens is 1. The lowest BCUT2D eigenvalue weighted by atomic mass is 10.0. The molecular weight excluding hydrogens is 424 g/mol. The number of rotatable bonds is 5. The van der Waals surface area contributed by atoms with Crippen molar-refractivity contribution in [1.29, 1.82) is 0 Å². The van der Waals surface area contributed by atoms with Crippen LogP contribution in [0.3, 0.4) is 0 Å². The molecule has 8 nitrogen and oxygen atoms in total. The van der Waals surface area contributed by atoms with Gasteiger partial charge in [0, 0.05) is 35.4 Å². The number of aromatic nitrogens is 2. The van der Waals surface area contributed by atoms with Crippen molar-refractivity contribution in [2.24, 2.45) is 5.14 Å². The molecule has 0 spiro atoms.